The molecule has 0 radical (unpaired) electrons. The van der Waals surface area contributed by atoms with Gasteiger partial charge in [-0.2, -0.15) is 0 Å². The SMILES string of the molecule is O=C1OC2C3O[C@H](c4ccccc4)OC3CC1[C@@H]2OCc1ccccc1. The number of ether oxygens (including phenoxy) is 4. The molecule has 26 heavy (non-hydrogen) atoms. The molecule has 6 atom stereocenters. The minimum atomic E-state index is -0.418. The zero-order chi connectivity index (χ0) is 17.5. The van der Waals surface area contributed by atoms with Crippen LogP contribution in [0.5, 0.6) is 0 Å². The van der Waals surface area contributed by atoms with Gasteiger partial charge >= 0.3 is 5.97 Å². The Morgan fingerprint density at radius 1 is 0.923 bits per heavy atom. The smallest absolute Gasteiger partial charge is 0.312 e. The molecule has 3 aliphatic rings. The maximum absolute atomic E-state index is 12.2. The van der Waals surface area contributed by atoms with Gasteiger partial charge < -0.3 is 18.9 Å². The largest absolute Gasteiger partial charge is 0.456 e. The Hall–Kier alpha value is -2.21. The summed E-state index contributed by atoms with van der Waals surface area (Å²) in [7, 11) is 0. The van der Waals surface area contributed by atoms with E-state index in [1.807, 2.05) is 60.7 Å². The lowest BCUT2D eigenvalue weighted by Crippen LogP contribution is -2.49. The first-order valence-electron chi connectivity index (χ1n) is 9.01. The first-order chi connectivity index (χ1) is 12.8. The Morgan fingerprint density at radius 2 is 1.65 bits per heavy atom. The van der Waals surface area contributed by atoms with Crippen LogP contribution < -0.4 is 0 Å². The van der Waals surface area contributed by atoms with Crippen LogP contribution >= 0.6 is 0 Å². The minimum Gasteiger partial charge on any atom is -0.456 e. The summed E-state index contributed by atoms with van der Waals surface area (Å²) in [5.41, 5.74) is 2.05. The first-order valence-corrected chi connectivity index (χ1v) is 9.01. The molecule has 134 valence electrons. The minimum absolute atomic E-state index is 0.141. The van der Waals surface area contributed by atoms with E-state index < -0.39 is 12.4 Å². The van der Waals surface area contributed by atoms with Crippen LogP contribution in [0.15, 0.2) is 60.7 Å². The van der Waals surface area contributed by atoms with Crippen molar-refractivity contribution in [3.8, 4) is 0 Å². The average molecular weight is 352 g/mol. The van der Waals surface area contributed by atoms with Gasteiger partial charge in [-0.25, -0.2) is 0 Å². The molecule has 0 N–H and O–H groups in total. The quantitative estimate of drug-likeness (QED) is 0.792. The predicted octanol–water partition coefficient (Wildman–Crippen LogP) is 3.00. The van der Waals surface area contributed by atoms with Gasteiger partial charge in [0.25, 0.3) is 0 Å². The topological polar surface area (TPSA) is 54.0 Å². The molecule has 2 aromatic carbocycles. The van der Waals surface area contributed by atoms with Gasteiger partial charge in [0.15, 0.2) is 12.4 Å². The summed E-state index contributed by atoms with van der Waals surface area (Å²) >= 11 is 0. The lowest BCUT2D eigenvalue weighted by Gasteiger charge is -2.32. The monoisotopic (exact) mass is 352 g/mol. The fourth-order valence-electron chi connectivity index (χ4n) is 4.11. The fraction of sp³-hybridized carbons (Fsp3) is 0.381. The average Bonchev–Trinajstić information content (AvgIpc) is 3.21. The highest BCUT2D eigenvalue weighted by atomic mass is 16.7. The summed E-state index contributed by atoms with van der Waals surface area (Å²) in [5, 5.41) is 0. The van der Waals surface area contributed by atoms with Gasteiger partial charge in [-0.15, -0.1) is 0 Å². The van der Waals surface area contributed by atoms with Crippen LogP contribution in [0.3, 0.4) is 0 Å². The second kappa shape index (κ2) is 6.50. The highest BCUT2D eigenvalue weighted by molar-refractivity contribution is 5.76. The summed E-state index contributed by atoms with van der Waals surface area (Å²) < 4.78 is 23.9. The van der Waals surface area contributed by atoms with E-state index in [9.17, 15) is 4.79 Å². The third kappa shape index (κ3) is 2.72. The van der Waals surface area contributed by atoms with Crippen LogP contribution in [0.4, 0.5) is 0 Å². The summed E-state index contributed by atoms with van der Waals surface area (Å²) in [5.74, 6) is -0.492. The van der Waals surface area contributed by atoms with Crippen molar-refractivity contribution in [2.24, 2.45) is 5.92 Å². The van der Waals surface area contributed by atoms with Crippen molar-refractivity contribution in [3.63, 3.8) is 0 Å². The number of esters is 1. The van der Waals surface area contributed by atoms with Gasteiger partial charge in [-0.05, 0) is 12.0 Å². The number of benzene rings is 2. The second-order valence-electron chi connectivity index (χ2n) is 7.02. The van der Waals surface area contributed by atoms with Crippen LogP contribution in [0, 0.1) is 5.92 Å². The Bertz CT molecular complexity index is 778. The molecule has 5 nitrogen and oxygen atoms in total. The van der Waals surface area contributed by atoms with Crippen molar-refractivity contribution >= 4 is 5.97 Å². The molecule has 0 aromatic heterocycles. The maximum Gasteiger partial charge on any atom is 0.312 e. The maximum atomic E-state index is 12.2. The highest BCUT2D eigenvalue weighted by Crippen LogP contribution is 2.46. The van der Waals surface area contributed by atoms with Crippen LogP contribution in [-0.4, -0.2) is 30.4 Å². The number of fused-ring (bicyclic) bond motifs is 4. The number of hydrogen-bond donors (Lipinski definition) is 0. The van der Waals surface area contributed by atoms with E-state index in [0.717, 1.165) is 11.1 Å². The van der Waals surface area contributed by atoms with Gasteiger partial charge in [0.1, 0.15) is 12.2 Å². The summed E-state index contributed by atoms with van der Waals surface area (Å²) in [6, 6.07) is 19.8. The van der Waals surface area contributed by atoms with E-state index in [4.69, 9.17) is 18.9 Å². The van der Waals surface area contributed by atoms with Crippen molar-refractivity contribution in [1.82, 2.24) is 0 Å². The third-order valence-corrected chi connectivity index (χ3v) is 5.39. The molecule has 3 fully saturated rings. The number of rotatable bonds is 4. The number of hydrogen-bond acceptors (Lipinski definition) is 5. The van der Waals surface area contributed by atoms with Gasteiger partial charge in [0.05, 0.1) is 18.6 Å². The van der Waals surface area contributed by atoms with Crippen molar-refractivity contribution in [2.45, 2.75) is 43.7 Å². The van der Waals surface area contributed by atoms with E-state index >= 15 is 0 Å². The molecule has 1 saturated carbocycles. The van der Waals surface area contributed by atoms with Crippen molar-refractivity contribution in [2.75, 3.05) is 0 Å². The molecule has 2 aliphatic heterocycles. The Balaban J connectivity index is 1.32. The Morgan fingerprint density at radius 3 is 2.42 bits per heavy atom. The molecular formula is C21H20O5. The molecule has 5 rings (SSSR count). The van der Waals surface area contributed by atoms with Crippen LogP contribution in [0.1, 0.15) is 23.8 Å². The van der Waals surface area contributed by atoms with Crippen molar-refractivity contribution in [3.05, 3.63) is 71.8 Å². The third-order valence-electron chi connectivity index (χ3n) is 5.39. The lowest BCUT2D eigenvalue weighted by molar-refractivity contribution is -0.151. The van der Waals surface area contributed by atoms with Gasteiger partial charge in [0, 0.05) is 5.56 Å². The van der Waals surface area contributed by atoms with Crippen LogP contribution in [-0.2, 0) is 30.3 Å². The van der Waals surface area contributed by atoms with E-state index in [-0.39, 0.29) is 30.2 Å². The van der Waals surface area contributed by atoms with E-state index in [0.29, 0.717) is 13.0 Å². The molecule has 2 bridgehead atoms. The molecular weight excluding hydrogens is 332 g/mol. The normalized spacial score (nSPS) is 35.2. The fourth-order valence-corrected chi connectivity index (χ4v) is 4.11. The molecule has 4 unspecified atom stereocenters. The molecule has 0 amide bonds. The van der Waals surface area contributed by atoms with E-state index in [2.05, 4.69) is 0 Å². The van der Waals surface area contributed by atoms with Crippen LogP contribution in [0.25, 0.3) is 0 Å². The van der Waals surface area contributed by atoms with Gasteiger partial charge in [-0.3, -0.25) is 4.79 Å². The van der Waals surface area contributed by atoms with Crippen LogP contribution in [0.2, 0.25) is 0 Å². The lowest BCUT2D eigenvalue weighted by atomic mass is 9.83. The molecule has 5 heteroatoms. The summed E-state index contributed by atoms with van der Waals surface area (Å²) in [6.07, 6.45) is -0.977. The van der Waals surface area contributed by atoms with Crippen molar-refractivity contribution < 1.29 is 23.7 Å². The number of carbonyl (C=O) groups excluding carboxylic acids is 1. The Kier molecular flexibility index (Phi) is 4.00. The van der Waals surface area contributed by atoms with E-state index in [1.165, 1.54) is 0 Å². The molecule has 1 aliphatic carbocycles. The second-order valence-corrected chi connectivity index (χ2v) is 7.02. The molecule has 2 heterocycles. The number of carbonyl (C=O) groups is 1. The first kappa shape index (κ1) is 16.0. The van der Waals surface area contributed by atoms with Gasteiger partial charge in [-0.1, -0.05) is 60.7 Å². The molecule has 2 aromatic rings. The predicted molar refractivity (Wildman–Crippen MR) is 91.9 cm³/mol. The van der Waals surface area contributed by atoms with Gasteiger partial charge in [0.2, 0.25) is 0 Å². The van der Waals surface area contributed by atoms with Crippen molar-refractivity contribution in [1.29, 1.82) is 0 Å². The molecule has 2 saturated heterocycles. The summed E-state index contributed by atoms with van der Waals surface area (Å²) in [4.78, 5) is 12.2. The highest BCUT2D eigenvalue weighted by Gasteiger charge is 2.60. The van der Waals surface area contributed by atoms with E-state index in [1.54, 1.807) is 0 Å². The summed E-state index contributed by atoms with van der Waals surface area (Å²) in [6.45, 7) is 0.454. The Labute approximate surface area is 151 Å². The molecule has 0 spiro atoms. The zero-order valence-corrected chi connectivity index (χ0v) is 14.2. The zero-order valence-electron chi connectivity index (χ0n) is 14.2. The standard InChI is InChI=1S/C21H20O5/c22-20-15-11-16-18(26-21(24-16)14-9-5-2-6-10-14)19(25-20)17(15)23-12-13-7-3-1-4-8-13/h1-10,15-19,21H,11-12H2/t15?,16?,17-,18?,19?,21+/m0/s1.